The fraction of sp³-hybridized carbons (Fsp3) is 0.538. The Morgan fingerprint density at radius 3 is 2.88 bits per heavy atom. The van der Waals surface area contributed by atoms with Crippen LogP contribution in [0.1, 0.15) is 43.0 Å². The summed E-state index contributed by atoms with van der Waals surface area (Å²) in [7, 11) is 0. The molecule has 0 amide bonds. The van der Waals surface area contributed by atoms with Gasteiger partial charge in [-0.05, 0) is 31.7 Å². The molecule has 0 saturated heterocycles. The number of carboxylic acids is 1. The Morgan fingerprint density at radius 2 is 2.24 bits per heavy atom. The maximum absolute atomic E-state index is 11.1. The van der Waals surface area contributed by atoms with E-state index in [1.54, 1.807) is 6.20 Å². The molecule has 2 N–H and O–H groups in total. The minimum Gasteiger partial charge on any atom is -0.478 e. The van der Waals surface area contributed by atoms with Crippen molar-refractivity contribution in [3.63, 3.8) is 0 Å². The lowest BCUT2D eigenvalue weighted by atomic mass is 9.99. The average molecular weight is 234 g/mol. The molecule has 1 fully saturated rings. The zero-order valence-electron chi connectivity index (χ0n) is 10.0. The molecular weight excluding hydrogens is 216 g/mol. The first-order valence-electron chi connectivity index (χ1n) is 6.12. The van der Waals surface area contributed by atoms with Crippen LogP contribution in [0.4, 0.5) is 5.69 Å². The molecule has 1 saturated carbocycles. The van der Waals surface area contributed by atoms with Crippen LogP contribution in [-0.2, 0) is 0 Å². The molecule has 0 radical (unpaired) electrons. The van der Waals surface area contributed by atoms with Gasteiger partial charge in [0.1, 0.15) is 0 Å². The molecule has 1 atom stereocenters. The van der Waals surface area contributed by atoms with Crippen molar-refractivity contribution in [3.05, 3.63) is 24.0 Å². The topological polar surface area (TPSA) is 62.2 Å². The summed E-state index contributed by atoms with van der Waals surface area (Å²) in [5.41, 5.74) is 0.921. The quantitative estimate of drug-likeness (QED) is 0.840. The number of pyridine rings is 1. The lowest BCUT2D eigenvalue weighted by molar-refractivity contribution is 0.0697. The monoisotopic (exact) mass is 234 g/mol. The lowest BCUT2D eigenvalue weighted by Crippen LogP contribution is -2.25. The van der Waals surface area contributed by atoms with Crippen LogP contribution >= 0.6 is 0 Å². The molecular formula is C13H18N2O2. The molecule has 1 aliphatic rings. The largest absolute Gasteiger partial charge is 0.478 e. The Hall–Kier alpha value is -1.58. The Labute approximate surface area is 101 Å². The van der Waals surface area contributed by atoms with E-state index < -0.39 is 5.97 Å². The Morgan fingerprint density at radius 1 is 1.53 bits per heavy atom. The van der Waals surface area contributed by atoms with Crippen LogP contribution in [-0.4, -0.2) is 22.1 Å². The highest BCUT2D eigenvalue weighted by Gasteiger charge is 2.22. The van der Waals surface area contributed by atoms with Crippen molar-refractivity contribution in [1.29, 1.82) is 0 Å². The molecule has 0 spiro atoms. The highest BCUT2D eigenvalue weighted by molar-refractivity contribution is 5.93. The zero-order valence-corrected chi connectivity index (χ0v) is 10.0. The average Bonchev–Trinajstić information content (AvgIpc) is 2.83. The summed E-state index contributed by atoms with van der Waals surface area (Å²) < 4.78 is 0. The Kier molecular flexibility index (Phi) is 3.61. The van der Waals surface area contributed by atoms with Crippen molar-refractivity contribution in [2.45, 2.75) is 38.6 Å². The number of hydrogen-bond donors (Lipinski definition) is 2. The van der Waals surface area contributed by atoms with E-state index in [0.29, 0.717) is 23.2 Å². The molecule has 0 bridgehead atoms. The summed E-state index contributed by atoms with van der Waals surface area (Å²) in [5.74, 6) is -0.259. The number of carboxylic acid groups (broad SMARTS) is 1. The summed E-state index contributed by atoms with van der Waals surface area (Å²) in [6, 6.07) is 1.84. The van der Waals surface area contributed by atoms with E-state index >= 15 is 0 Å². The maximum Gasteiger partial charge on any atom is 0.337 e. The molecule has 0 aromatic carbocycles. The predicted molar refractivity (Wildman–Crippen MR) is 66.2 cm³/mol. The second kappa shape index (κ2) is 5.17. The van der Waals surface area contributed by atoms with Gasteiger partial charge in [-0.25, -0.2) is 4.79 Å². The standard InChI is InChI=1S/C13H18N2O2/c1-9(10-4-2-3-5-10)15-12-8-14-7-6-11(12)13(16)17/h6-10,15H,2-5H2,1H3,(H,16,17). The number of carbonyl (C=O) groups is 1. The van der Waals surface area contributed by atoms with Crippen molar-refractivity contribution in [2.75, 3.05) is 5.32 Å². The molecule has 1 aliphatic carbocycles. The molecule has 0 aliphatic heterocycles. The van der Waals surface area contributed by atoms with E-state index in [2.05, 4.69) is 17.2 Å². The van der Waals surface area contributed by atoms with Crippen molar-refractivity contribution < 1.29 is 9.90 Å². The van der Waals surface area contributed by atoms with Crippen molar-refractivity contribution in [1.82, 2.24) is 4.98 Å². The minimum absolute atomic E-state index is 0.296. The minimum atomic E-state index is -0.909. The number of nitrogens with zero attached hydrogens (tertiary/aromatic N) is 1. The van der Waals surface area contributed by atoms with Gasteiger partial charge < -0.3 is 10.4 Å². The van der Waals surface area contributed by atoms with Crippen LogP contribution in [0, 0.1) is 5.92 Å². The van der Waals surface area contributed by atoms with Gasteiger partial charge >= 0.3 is 5.97 Å². The number of aromatic nitrogens is 1. The van der Waals surface area contributed by atoms with E-state index in [4.69, 9.17) is 5.11 Å². The van der Waals surface area contributed by atoms with E-state index in [1.165, 1.54) is 37.9 Å². The first kappa shape index (κ1) is 11.9. The van der Waals surface area contributed by atoms with E-state index in [1.807, 2.05) is 0 Å². The van der Waals surface area contributed by atoms with Gasteiger partial charge in [-0.15, -0.1) is 0 Å². The van der Waals surface area contributed by atoms with Gasteiger partial charge in [-0.1, -0.05) is 12.8 Å². The summed E-state index contributed by atoms with van der Waals surface area (Å²) in [5, 5.41) is 12.4. The molecule has 17 heavy (non-hydrogen) atoms. The molecule has 4 nitrogen and oxygen atoms in total. The molecule has 92 valence electrons. The molecule has 1 aromatic rings. The molecule has 1 unspecified atom stereocenters. The highest BCUT2D eigenvalue weighted by Crippen LogP contribution is 2.29. The Balaban J connectivity index is 2.09. The van der Waals surface area contributed by atoms with Gasteiger partial charge in [-0.2, -0.15) is 0 Å². The fourth-order valence-corrected chi connectivity index (χ4v) is 2.52. The Bertz CT molecular complexity index is 400. The van der Waals surface area contributed by atoms with Crippen molar-refractivity contribution in [3.8, 4) is 0 Å². The summed E-state index contributed by atoms with van der Waals surface area (Å²) in [4.78, 5) is 15.0. The van der Waals surface area contributed by atoms with Gasteiger partial charge in [0, 0.05) is 12.2 Å². The second-order valence-electron chi connectivity index (χ2n) is 4.70. The molecule has 4 heteroatoms. The predicted octanol–water partition coefficient (Wildman–Crippen LogP) is 2.77. The third-order valence-corrected chi connectivity index (χ3v) is 3.54. The van der Waals surface area contributed by atoms with Crippen LogP contribution in [0.25, 0.3) is 0 Å². The van der Waals surface area contributed by atoms with Crippen LogP contribution in [0.2, 0.25) is 0 Å². The van der Waals surface area contributed by atoms with Crippen LogP contribution in [0.15, 0.2) is 18.5 Å². The first-order valence-corrected chi connectivity index (χ1v) is 6.12. The van der Waals surface area contributed by atoms with E-state index in [0.717, 1.165) is 0 Å². The third kappa shape index (κ3) is 2.75. The van der Waals surface area contributed by atoms with Gasteiger partial charge in [0.2, 0.25) is 0 Å². The number of anilines is 1. The van der Waals surface area contributed by atoms with Gasteiger partial charge in [0.25, 0.3) is 0 Å². The van der Waals surface area contributed by atoms with Crippen LogP contribution < -0.4 is 5.32 Å². The number of aromatic carboxylic acids is 1. The van der Waals surface area contributed by atoms with Crippen molar-refractivity contribution >= 4 is 11.7 Å². The second-order valence-corrected chi connectivity index (χ2v) is 4.70. The zero-order chi connectivity index (χ0) is 12.3. The van der Waals surface area contributed by atoms with E-state index in [9.17, 15) is 4.79 Å². The maximum atomic E-state index is 11.1. The summed E-state index contributed by atoms with van der Waals surface area (Å²) in [6.45, 7) is 2.12. The number of nitrogens with one attached hydrogen (secondary N) is 1. The van der Waals surface area contributed by atoms with Crippen LogP contribution in [0.3, 0.4) is 0 Å². The summed E-state index contributed by atoms with van der Waals surface area (Å²) in [6.07, 6.45) is 8.14. The van der Waals surface area contributed by atoms with Gasteiger partial charge in [0.15, 0.2) is 0 Å². The van der Waals surface area contributed by atoms with Gasteiger partial charge in [-0.3, -0.25) is 4.98 Å². The SMILES string of the molecule is CC(Nc1cnccc1C(=O)O)C1CCCC1. The normalized spacial score (nSPS) is 17.9. The third-order valence-electron chi connectivity index (χ3n) is 3.54. The molecule has 1 aromatic heterocycles. The van der Waals surface area contributed by atoms with Gasteiger partial charge in [0.05, 0.1) is 17.4 Å². The van der Waals surface area contributed by atoms with Crippen molar-refractivity contribution in [2.24, 2.45) is 5.92 Å². The first-order chi connectivity index (χ1) is 8.18. The molecule has 2 rings (SSSR count). The smallest absolute Gasteiger partial charge is 0.337 e. The summed E-state index contributed by atoms with van der Waals surface area (Å²) >= 11 is 0. The number of rotatable bonds is 4. The lowest BCUT2D eigenvalue weighted by Gasteiger charge is -2.22. The number of hydrogen-bond acceptors (Lipinski definition) is 3. The fourth-order valence-electron chi connectivity index (χ4n) is 2.52. The molecule has 1 heterocycles. The highest BCUT2D eigenvalue weighted by atomic mass is 16.4. The van der Waals surface area contributed by atoms with Crippen LogP contribution in [0.5, 0.6) is 0 Å². The van der Waals surface area contributed by atoms with E-state index in [-0.39, 0.29) is 0 Å².